The van der Waals surface area contributed by atoms with E-state index in [4.69, 9.17) is 23.2 Å². The van der Waals surface area contributed by atoms with Gasteiger partial charge < -0.3 is 5.11 Å². The second-order valence-corrected chi connectivity index (χ2v) is 5.54. The molecule has 0 aromatic heterocycles. The summed E-state index contributed by atoms with van der Waals surface area (Å²) in [5.74, 6) is -0.375. The van der Waals surface area contributed by atoms with Crippen molar-refractivity contribution in [3.8, 4) is 0 Å². The van der Waals surface area contributed by atoms with Crippen molar-refractivity contribution in [1.29, 1.82) is 0 Å². The Morgan fingerprint density at radius 1 is 1.16 bits per heavy atom. The van der Waals surface area contributed by atoms with Crippen LogP contribution < -0.4 is 0 Å². The molecule has 2 aromatic carbocycles. The first-order valence-electron chi connectivity index (χ1n) is 5.81. The van der Waals surface area contributed by atoms with Crippen molar-refractivity contribution in [2.75, 3.05) is 0 Å². The normalized spacial score (nSPS) is 14.2. The highest BCUT2D eigenvalue weighted by atomic mass is 35.5. The molecule has 0 saturated heterocycles. The van der Waals surface area contributed by atoms with E-state index in [1.54, 1.807) is 37.3 Å². The van der Waals surface area contributed by atoms with Gasteiger partial charge >= 0.3 is 0 Å². The van der Waals surface area contributed by atoms with Crippen LogP contribution in [-0.4, -0.2) is 5.11 Å². The Morgan fingerprint density at radius 3 is 2.53 bits per heavy atom. The maximum Gasteiger partial charge on any atom is 0.123 e. The van der Waals surface area contributed by atoms with Gasteiger partial charge in [-0.2, -0.15) is 0 Å². The highest BCUT2D eigenvalue weighted by Gasteiger charge is 2.25. The fourth-order valence-electron chi connectivity index (χ4n) is 1.96. The molecule has 1 atom stereocenters. The molecule has 4 heteroatoms. The third-order valence-electron chi connectivity index (χ3n) is 3.00. The zero-order valence-corrected chi connectivity index (χ0v) is 11.8. The van der Waals surface area contributed by atoms with Gasteiger partial charge in [-0.25, -0.2) is 4.39 Å². The molecule has 2 rings (SSSR count). The predicted molar refractivity (Wildman–Crippen MR) is 76.1 cm³/mol. The van der Waals surface area contributed by atoms with E-state index in [0.717, 1.165) is 5.56 Å². The summed E-state index contributed by atoms with van der Waals surface area (Å²) >= 11 is 11.9. The van der Waals surface area contributed by atoms with Gasteiger partial charge in [0.1, 0.15) is 5.82 Å². The van der Waals surface area contributed by atoms with Crippen LogP contribution in [0.3, 0.4) is 0 Å². The predicted octanol–water partition coefficient (Wildman–Crippen LogP) is 4.58. The number of hydrogen-bond donors (Lipinski definition) is 1. The molecule has 0 spiro atoms. The maximum atomic E-state index is 13.2. The Balaban J connectivity index is 2.30. The molecule has 1 unspecified atom stereocenters. The first-order chi connectivity index (χ1) is 8.88. The van der Waals surface area contributed by atoms with Gasteiger partial charge in [-0.3, -0.25) is 0 Å². The van der Waals surface area contributed by atoms with Crippen LogP contribution in [-0.2, 0) is 12.0 Å². The van der Waals surface area contributed by atoms with Gasteiger partial charge in [0.05, 0.1) is 5.60 Å². The Bertz CT molecular complexity index is 596. The van der Waals surface area contributed by atoms with Gasteiger partial charge in [0.2, 0.25) is 0 Å². The van der Waals surface area contributed by atoms with Gasteiger partial charge in [0.25, 0.3) is 0 Å². The maximum absolute atomic E-state index is 13.2. The van der Waals surface area contributed by atoms with E-state index in [-0.39, 0.29) is 12.2 Å². The molecular weight excluding hydrogens is 286 g/mol. The van der Waals surface area contributed by atoms with Crippen LogP contribution in [0, 0.1) is 5.82 Å². The second kappa shape index (κ2) is 5.49. The molecule has 1 N–H and O–H groups in total. The van der Waals surface area contributed by atoms with Crippen molar-refractivity contribution in [1.82, 2.24) is 0 Å². The minimum absolute atomic E-state index is 0.284. The van der Waals surface area contributed by atoms with Crippen LogP contribution in [0.15, 0.2) is 42.5 Å². The van der Waals surface area contributed by atoms with Crippen molar-refractivity contribution in [3.63, 3.8) is 0 Å². The van der Waals surface area contributed by atoms with Gasteiger partial charge in [-0.15, -0.1) is 0 Å². The highest BCUT2D eigenvalue weighted by molar-refractivity contribution is 6.35. The largest absolute Gasteiger partial charge is 0.385 e. The lowest BCUT2D eigenvalue weighted by Crippen LogP contribution is -2.24. The van der Waals surface area contributed by atoms with E-state index in [0.29, 0.717) is 15.6 Å². The van der Waals surface area contributed by atoms with E-state index in [2.05, 4.69) is 0 Å². The van der Waals surface area contributed by atoms with Crippen molar-refractivity contribution in [2.45, 2.75) is 18.9 Å². The molecule has 0 fully saturated rings. The summed E-state index contributed by atoms with van der Waals surface area (Å²) in [5, 5.41) is 11.5. The summed E-state index contributed by atoms with van der Waals surface area (Å²) in [6, 6.07) is 11.0. The Morgan fingerprint density at radius 2 is 1.89 bits per heavy atom. The van der Waals surface area contributed by atoms with Crippen molar-refractivity contribution in [2.24, 2.45) is 0 Å². The van der Waals surface area contributed by atoms with Crippen LogP contribution in [0.2, 0.25) is 10.0 Å². The van der Waals surface area contributed by atoms with E-state index in [9.17, 15) is 9.50 Å². The Hall–Kier alpha value is -1.09. The number of benzene rings is 2. The smallest absolute Gasteiger partial charge is 0.123 e. The lowest BCUT2D eigenvalue weighted by atomic mass is 9.89. The molecule has 0 aliphatic carbocycles. The van der Waals surface area contributed by atoms with E-state index >= 15 is 0 Å². The second-order valence-electron chi connectivity index (χ2n) is 4.70. The first-order valence-corrected chi connectivity index (χ1v) is 6.56. The summed E-state index contributed by atoms with van der Waals surface area (Å²) in [5.41, 5.74) is 0.0818. The molecule has 0 amide bonds. The minimum Gasteiger partial charge on any atom is -0.385 e. The molecule has 0 aliphatic heterocycles. The summed E-state index contributed by atoms with van der Waals surface area (Å²) in [6.45, 7) is 1.63. The lowest BCUT2D eigenvalue weighted by Gasteiger charge is -2.24. The van der Waals surface area contributed by atoms with E-state index in [1.165, 1.54) is 12.1 Å². The Kier molecular flexibility index (Phi) is 4.14. The monoisotopic (exact) mass is 298 g/mol. The molecule has 0 aliphatic rings. The standard InChI is InChI=1S/C15H13Cl2FO/c1-15(19,11-3-2-4-13(18)7-11)9-10-5-6-12(16)8-14(10)17/h2-8,19H,9H2,1H3. The molecule has 0 heterocycles. The Labute approximate surface area is 121 Å². The zero-order valence-electron chi connectivity index (χ0n) is 10.3. The quantitative estimate of drug-likeness (QED) is 0.879. The van der Waals surface area contributed by atoms with Crippen LogP contribution >= 0.6 is 23.2 Å². The molecule has 1 nitrogen and oxygen atoms in total. The summed E-state index contributed by atoms with van der Waals surface area (Å²) in [4.78, 5) is 0. The minimum atomic E-state index is -1.19. The van der Waals surface area contributed by atoms with E-state index < -0.39 is 5.60 Å². The summed E-state index contributed by atoms with van der Waals surface area (Å²) in [7, 11) is 0. The number of halogens is 3. The summed E-state index contributed by atoms with van der Waals surface area (Å²) in [6.07, 6.45) is 0.284. The van der Waals surface area contributed by atoms with Crippen LogP contribution in [0.25, 0.3) is 0 Å². The topological polar surface area (TPSA) is 20.2 Å². The van der Waals surface area contributed by atoms with Gasteiger partial charge in [0, 0.05) is 16.5 Å². The van der Waals surface area contributed by atoms with Crippen molar-refractivity contribution < 1.29 is 9.50 Å². The molecule has 2 aromatic rings. The summed E-state index contributed by atoms with van der Waals surface area (Å²) < 4.78 is 13.2. The molecular formula is C15H13Cl2FO. The average molecular weight is 299 g/mol. The lowest BCUT2D eigenvalue weighted by molar-refractivity contribution is 0.0573. The first kappa shape index (κ1) is 14.3. The van der Waals surface area contributed by atoms with Crippen molar-refractivity contribution >= 4 is 23.2 Å². The van der Waals surface area contributed by atoms with Gasteiger partial charge in [-0.05, 0) is 42.3 Å². The number of hydrogen-bond acceptors (Lipinski definition) is 1. The number of aliphatic hydroxyl groups is 1. The molecule has 0 saturated carbocycles. The van der Waals surface area contributed by atoms with Crippen LogP contribution in [0.1, 0.15) is 18.1 Å². The third-order valence-corrected chi connectivity index (χ3v) is 3.58. The third kappa shape index (κ3) is 3.47. The molecule has 0 radical (unpaired) electrons. The fourth-order valence-corrected chi connectivity index (χ4v) is 2.44. The highest BCUT2D eigenvalue weighted by Crippen LogP contribution is 2.30. The van der Waals surface area contributed by atoms with E-state index in [1.807, 2.05) is 0 Å². The molecule has 0 bridgehead atoms. The van der Waals surface area contributed by atoms with Crippen molar-refractivity contribution in [3.05, 3.63) is 69.5 Å². The molecule has 100 valence electrons. The van der Waals surface area contributed by atoms with Gasteiger partial charge in [-0.1, -0.05) is 41.4 Å². The molecule has 19 heavy (non-hydrogen) atoms. The number of rotatable bonds is 3. The average Bonchev–Trinajstić information content (AvgIpc) is 2.33. The SMILES string of the molecule is CC(O)(Cc1ccc(Cl)cc1Cl)c1cccc(F)c1. The zero-order chi connectivity index (χ0) is 14.0. The van der Waals surface area contributed by atoms with Gasteiger partial charge in [0.15, 0.2) is 0 Å². The van der Waals surface area contributed by atoms with Crippen LogP contribution in [0.4, 0.5) is 4.39 Å². The van der Waals surface area contributed by atoms with Crippen LogP contribution in [0.5, 0.6) is 0 Å². The fraction of sp³-hybridized carbons (Fsp3) is 0.200.